The van der Waals surface area contributed by atoms with Crippen LogP contribution in [0.15, 0.2) is 6.07 Å². The number of rotatable bonds is 3. The first-order valence-corrected chi connectivity index (χ1v) is 3.89. The van der Waals surface area contributed by atoms with Gasteiger partial charge in [-0.05, 0) is 0 Å². The van der Waals surface area contributed by atoms with E-state index in [2.05, 4.69) is 4.98 Å². The Hall–Kier alpha value is -1.83. The third kappa shape index (κ3) is 2.15. The van der Waals surface area contributed by atoms with Gasteiger partial charge in [0.2, 0.25) is 0 Å². The third-order valence-corrected chi connectivity index (χ3v) is 1.77. The number of pyridine rings is 1. The largest absolute Gasteiger partial charge is 0.383 e. The van der Waals surface area contributed by atoms with E-state index in [1.807, 2.05) is 0 Å². The lowest BCUT2D eigenvalue weighted by Gasteiger charge is -2.05. The van der Waals surface area contributed by atoms with E-state index in [1.165, 1.54) is 0 Å². The molecule has 1 aromatic heterocycles. The predicted octanol–water partition coefficient (Wildman–Crippen LogP) is 0.968. The van der Waals surface area contributed by atoms with Gasteiger partial charge < -0.3 is 11.5 Å². The summed E-state index contributed by atoms with van der Waals surface area (Å²) in [4.78, 5) is 12.8. The Bertz CT molecular complexity index is 397. The molecule has 0 aliphatic carbocycles. The molecule has 0 saturated carbocycles. The Morgan fingerprint density at radius 2 is 2.20 bits per heavy atom. The van der Waals surface area contributed by atoms with Crippen LogP contribution in [0.2, 0.25) is 0 Å². The predicted molar refractivity (Wildman–Crippen MR) is 48.2 cm³/mol. The molecule has 0 fully saturated rings. The van der Waals surface area contributed by atoms with Crippen LogP contribution in [-0.4, -0.2) is 9.91 Å². The van der Waals surface area contributed by atoms with Crippen LogP contribution in [0.5, 0.6) is 0 Å². The van der Waals surface area contributed by atoms with Gasteiger partial charge in [-0.25, -0.2) is 13.8 Å². The highest BCUT2D eigenvalue weighted by Gasteiger charge is 2.25. The van der Waals surface area contributed by atoms with Crippen molar-refractivity contribution in [3.63, 3.8) is 0 Å². The number of nitrogens with zero attached hydrogens (tertiary/aromatic N) is 2. The maximum absolute atomic E-state index is 12.3. The van der Waals surface area contributed by atoms with Gasteiger partial charge in [-0.1, -0.05) is 0 Å². The molecule has 8 heteroatoms. The fraction of sp³-hybridized carbons (Fsp3) is 0.286. The zero-order valence-electron chi connectivity index (χ0n) is 7.48. The van der Waals surface area contributed by atoms with Crippen molar-refractivity contribution in [2.45, 2.75) is 13.0 Å². The first-order valence-electron chi connectivity index (χ1n) is 3.89. The second-order valence-corrected chi connectivity index (χ2v) is 2.70. The van der Waals surface area contributed by atoms with Crippen LogP contribution in [0, 0.1) is 10.1 Å². The third-order valence-electron chi connectivity index (χ3n) is 1.77. The van der Waals surface area contributed by atoms with Gasteiger partial charge in [0, 0.05) is 18.2 Å². The lowest BCUT2D eigenvalue weighted by Crippen LogP contribution is -2.08. The van der Waals surface area contributed by atoms with Gasteiger partial charge in [-0.3, -0.25) is 10.1 Å². The first-order chi connectivity index (χ1) is 6.97. The van der Waals surface area contributed by atoms with Crippen LogP contribution < -0.4 is 11.5 Å². The van der Waals surface area contributed by atoms with Crippen molar-refractivity contribution in [1.29, 1.82) is 0 Å². The molecule has 0 bridgehead atoms. The number of nitrogen functional groups attached to an aromatic ring is 1. The summed E-state index contributed by atoms with van der Waals surface area (Å²) in [5.74, 6) is -0.210. The summed E-state index contributed by atoms with van der Waals surface area (Å²) in [5, 5.41) is 10.5. The molecule has 0 unspecified atom stereocenters. The normalized spacial score (nSPS) is 10.7. The number of hydrogen-bond acceptors (Lipinski definition) is 5. The minimum absolute atomic E-state index is 0.0941. The molecule has 0 aliphatic heterocycles. The van der Waals surface area contributed by atoms with Crippen LogP contribution in [0.3, 0.4) is 0 Å². The lowest BCUT2D eigenvalue weighted by molar-refractivity contribution is -0.386. The quantitative estimate of drug-likeness (QED) is 0.580. The van der Waals surface area contributed by atoms with E-state index in [9.17, 15) is 18.9 Å². The molecule has 1 heterocycles. The Kier molecular flexibility index (Phi) is 3.10. The molecule has 1 aromatic rings. The highest BCUT2D eigenvalue weighted by molar-refractivity contribution is 5.50. The van der Waals surface area contributed by atoms with E-state index in [0.29, 0.717) is 0 Å². The Labute approximate surface area is 83.0 Å². The molecule has 4 N–H and O–H groups in total. The van der Waals surface area contributed by atoms with Crippen LogP contribution >= 0.6 is 0 Å². The minimum Gasteiger partial charge on any atom is -0.383 e. The summed E-state index contributed by atoms with van der Waals surface area (Å²) in [5.41, 5.74) is 8.98. The summed E-state index contributed by atoms with van der Waals surface area (Å²) in [7, 11) is 0. The van der Waals surface area contributed by atoms with Crippen LogP contribution in [0.1, 0.15) is 17.7 Å². The monoisotopic (exact) mass is 218 g/mol. The van der Waals surface area contributed by atoms with E-state index < -0.39 is 22.7 Å². The number of alkyl halides is 2. The average molecular weight is 218 g/mol. The Balaban J connectivity index is 3.39. The molecule has 1 rings (SSSR count). The fourth-order valence-corrected chi connectivity index (χ4v) is 1.04. The van der Waals surface area contributed by atoms with E-state index in [4.69, 9.17) is 11.5 Å². The molecule has 15 heavy (non-hydrogen) atoms. The van der Waals surface area contributed by atoms with E-state index >= 15 is 0 Å². The molecule has 82 valence electrons. The molecule has 6 nitrogen and oxygen atoms in total. The topological polar surface area (TPSA) is 108 Å². The summed E-state index contributed by atoms with van der Waals surface area (Å²) in [6.45, 7) is -0.0941. The van der Waals surface area contributed by atoms with E-state index in [0.717, 1.165) is 6.07 Å². The molecule has 0 amide bonds. The number of halogens is 2. The maximum Gasteiger partial charge on any atom is 0.297 e. The van der Waals surface area contributed by atoms with Gasteiger partial charge in [0.25, 0.3) is 12.1 Å². The SMILES string of the molecule is NCc1cc([N+](=O)[O-])c(C(F)F)nc1N. The van der Waals surface area contributed by atoms with Crippen molar-refractivity contribution in [1.82, 2.24) is 4.98 Å². The standard InChI is InChI=1S/C7H8F2N4O2/c8-6(9)5-4(13(14)15)1-3(2-10)7(11)12-5/h1,6H,2,10H2,(H2,11,12). The second kappa shape index (κ2) is 4.13. The van der Waals surface area contributed by atoms with Crippen molar-refractivity contribution in [3.05, 3.63) is 27.4 Å². The number of aromatic nitrogens is 1. The molecule has 0 atom stereocenters. The number of hydrogen-bond donors (Lipinski definition) is 2. The van der Waals surface area contributed by atoms with Crippen molar-refractivity contribution in [3.8, 4) is 0 Å². The van der Waals surface area contributed by atoms with E-state index in [-0.39, 0.29) is 17.9 Å². The molecule has 0 radical (unpaired) electrons. The van der Waals surface area contributed by atoms with Crippen molar-refractivity contribution < 1.29 is 13.7 Å². The molecule has 0 saturated heterocycles. The molecule has 0 aliphatic rings. The smallest absolute Gasteiger partial charge is 0.297 e. The lowest BCUT2D eigenvalue weighted by atomic mass is 10.2. The fourth-order valence-electron chi connectivity index (χ4n) is 1.04. The maximum atomic E-state index is 12.3. The number of anilines is 1. The summed E-state index contributed by atoms with van der Waals surface area (Å²) < 4.78 is 24.7. The summed E-state index contributed by atoms with van der Waals surface area (Å²) in [6, 6.07) is 0.920. The second-order valence-electron chi connectivity index (χ2n) is 2.70. The molecule has 0 aromatic carbocycles. The van der Waals surface area contributed by atoms with Crippen molar-refractivity contribution in [2.24, 2.45) is 5.73 Å². The van der Waals surface area contributed by atoms with Crippen LogP contribution in [0.25, 0.3) is 0 Å². The summed E-state index contributed by atoms with van der Waals surface area (Å²) in [6.07, 6.45) is -3.04. The Morgan fingerprint density at radius 1 is 1.60 bits per heavy atom. The Morgan fingerprint density at radius 3 is 2.60 bits per heavy atom. The number of nitrogens with two attached hydrogens (primary N) is 2. The molecule has 0 spiro atoms. The van der Waals surface area contributed by atoms with Crippen molar-refractivity contribution >= 4 is 11.5 Å². The minimum atomic E-state index is -3.04. The molecular weight excluding hydrogens is 210 g/mol. The van der Waals surface area contributed by atoms with Crippen LogP contribution in [-0.2, 0) is 6.54 Å². The van der Waals surface area contributed by atoms with Gasteiger partial charge >= 0.3 is 0 Å². The zero-order chi connectivity index (χ0) is 11.6. The summed E-state index contributed by atoms with van der Waals surface area (Å²) >= 11 is 0. The average Bonchev–Trinajstić information content (AvgIpc) is 2.16. The van der Waals surface area contributed by atoms with Gasteiger partial charge in [-0.2, -0.15) is 0 Å². The highest BCUT2D eigenvalue weighted by Crippen LogP contribution is 2.29. The first kappa shape index (κ1) is 11.2. The van der Waals surface area contributed by atoms with Gasteiger partial charge in [0.05, 0.1) is 4.92 Å². The van der Waals surface area contributed by atoms with Gasteiger partial charge in [-0.15, -0.1) is 0 Å². The highest BCUT2D eigenvalue weighted by atomic mass is 19.3. The van der Waals surface area contributed by atoms with Crippen LogP contribution in [0.4, 0.5) is 20.3 Å². The van der Waals surface area contributed by atoms with Gasteiger partial charge in [0.1, 0.15) is 5.82 Å². The molecular formula is C7H8F2N4O2. The van der Waals surface area contributed by atoms with Gasteiger partial charge in [0.15, 0.2) is 5.69 Å². The zero-order valence-corrected chi connectivity index (χ0v) is 7.48. The van der Waals surface area contributed by atoms with Crippen molar-refractivity contribution in [2.75, 3.05) is 5.73 Å². The number of nitro groups is 1. The van der Waals surface area contributed by atoms with E-state index in [1.54, 1.807) is 0 Å².